The van der Waals surface area contributed by atoms with Crippen LogP contribution in [0.3, 0.4) is 0 Å². The molecule has 7 nitrogen and oxygen atoms in total. The van der Waals surface area contributed by atoms with Gasteiger partial charge in [0.2, 0.25) is 5.91 Å². The van der Waals surface area contributed by atoms with Crippen molar-refractivity contribution in [2.75, 3.05) is 23.9 Å². The van der Waals surface area contributed by atoms with Crippen molar-refractivity contribution in [2.45, 2.75) is 12.8 Å². The summed E-state index contributed by atoms with van der Waals surface area (Å²) >= 11 is 0. The molecule has 2 heterocycles. The van der Waals surface area contributed by atoms with Gasteiger partial charge in [-0.05, 0) is 36.8 Å². The maximum Gasteiger partial charge on any atom is 0.255 e. The minimum absolute atomic E-state index is 0.0799. The van der Waals surface area contributed by atoms with Gasteiger partial charge in [-0.3, -0.25) is 9.59 Å². The zero-order valence-electron chi connectivity index (χ0n) is 17.5. The highest BCUT2D eigenvalue weighted by Gasteiger charge is 2.24. The van der Waals surface area contributed by atoms with Crippen molar-refractivity contribution in [2.24, 2.45) is 0 Å². The lowest BCUT2D eigenvalue weighted by molar-refractivity contribution is -0.117. The summed E-state index contributed by atoms with van der Waals surface area (Å²) in [5, 5.41) is 7.77. The molecule has 1 aromatic heterocycles. The number of nitrogens with zero attached hydrogens (tertiary/aromatic N) is 2. The van der Waals surface area contributed by atoms with Crippen LogP contribution in [0.5, 0.6) is 5.75 Å². The molecule has 1 fully saturated rings. The number of carbonyl (C=O) groups is 2. The highest BCUT2D eigenvalue weighted by Crippen LogP contribution is 2.34. The average molecular weight is 427 g/mol. The molecule has 0 saturated carbocycles. The van der Waals surface area contributed by atoms with Crippen LogP contribution in [-0.4, -0.2) is 30.6 Å². The first-order valence-corrected chi connectivity index (χ1v) is 10.4. The monoisotopic (exact) mass is 427 g/mol. The van der Waals surface area contributed by atoms with E-state index in [0.29, 0.717) is 46.9 Å². The lowest BCUT2D eigenvalue weighted by atomic mass is 10.1. The molecule has 1 saturated heterocycles. The number of carbonyl (C=O) groups excluding carboxylic acids is 2. The zero-order valence-corrected chi connectivity index (χ0v) is 17.5. The number of hydrogen-bond donors (Lipinski definition) is 1. The molecule has 4 aromatic rings. The van der Waals surface area contributed by atoms with Crippen LogP contribution in [0.4, 0.5) is 11.4 Å². The molecule has 3 aromatic carbocycles. The largest absolute Gasteiger partial charge is 0.494 e. The van der Waals surface area contributed by atoms with E-state index in [1.54, 1.807) is 48.4 Å². The van der Waals surface area contributed by atoms with Gasteiger partial charge >= 0.3 is 0 Å². The normalized spacial score (nSPS) is 13.5. The quantitative estimate of drug-likeness (QED) is 0.491. The van der Waals surface area contributed by atoms with Crippen molar-refractivity contribution in [3.63, 3.8) is 0 Å². The van der Waals surface area contributed by atoms with Gasteiger partial charge in [0, 0.05) is 35.8 Å². The molecule has 32 heavy (non-hydrogen) atoms. The van der Waals surface area contributed by atoms with Crippen LogP contribution in [0.1, 0.15) is 23.2 Å². The van der Waals surface area contributed by atoms with Crippen LogP contribution in [-0.2, 0) is 4.79 Å². The predicted octanol–water partition coefficient (Wildman–Crippen LogP) is 4.88. The third-order valence-corrected chi connectivity index (χ3v) is 5.58. The number of fused-ring (bicyclic) bond motifs is 1. The Morgan fingerprint density at radius 3 is 2.69 bits per heavy atom. The Morgan fingerprint density at radius 2 is 1.94 bits per heavy atom. The maximum atomic E-state index is 13.0. The summed E-state index contributed by atoms with van der Waals surface area (Å²) in [4.78, 5) is 26.8. The van der Waals surface area contributed by atoms with E-state index in [4.69, 9.17) is 9.26 Å². The number of rotatable bonds is 5. The average Bonchev–Trinajstić information content (AvgIpc) is 3.45. The third-order valence-electron chi connectivity index (χ3n) is 5.58. The lowest BCUT2D eigenvalue weighted by Gasteiger charge is -2.19. The van der Waals surface area contributed by atoms with E-state index in [9.17, 15) is 9.59 Å². The Labute approximate surface area is 184 Å². The van der Waals surface area contributed by atoms with Crippen molar-refractivity contribution < 1.29 is 18.8 Å². The number of amides is 2. The molecule has 0 unspecified atom stereocenters. The highest BCUT2D eigenvalue weighted by atomic mass is 16.5. The Kier molecular flexibility index (Phi) is 5.07. The Bertz CT molecular complexity index is 1310. The molecule has 5 rings (SSSR count). The topological polar surface area (TPSA) is 84.7 Å². The van der Waals surface area contributed by atoms with Crippen molar-refractivity contribution >= 4 is 34.1 Å². The predicted molar refractivity (Wildman–Crippen MR) is 122 cm³/mol. The Balaban J connectivity index is 1.42. The smallest absolute Gasteiger partial charge is 0.255 e. The molecule has 1 aliphatic heterocycles. The second-order valence-electron chi connectivity index (χ2n) is 7.60. The molecule has 2 amide bonds. The van der Waals surface area contributed by atoms with Gasteiger partial charge in [0.05, 0.1) is 18.2 Å². The van der Waals surface area contributed by atoms with Crippen molar-refractivity contribution in [3.8, 4) is 17.1 Å². The molecule has 0 bridgehead atoms. The van der Waals surface area contributed by atoms with E-state index >= 15 is 0 Å². The first-order chi connectivity index (χ1) is 15.6. The van der Waals surface area contributed by atoms with Crippen LogP contribution in [0.2, 0.25) is 0 Å². The second kappa shape index (κ2) is 8.19. The minimum Gasteiger partial charge on any atom is -0.494 e. The molecule has 1 aliphatic rings. The summed E-state index contributed by atoms with van der Waals surface area (Å²) in [7, 11) is 1.55. The van der Waals surface area contributed by atoms with Crippen LogP contribution in [0.15, 0.2) is 71.3 Å². The summed E-state index contributed by atoms with van der Waals surface area (Å²) in [6, 6.07) is 20.2. The lowest BCUT2D eigenvalue weighted by Crippen LogP contribution is -2.24. The summed E-state index contributed by atoms with van der Waals surface area (Å²) < 4.78 is 11.0. The van der Waals surface area contributed by atoms with Crippen LogP contribution in [0, 0.1) is 0 Å². The summed E-state index contributed by atoms with van der Waals surface area (Å²) in [5.74, 6) is 0.978. The number of hydrogen-bond acceptors (Lipinski definition) is 5. The van der Waals surface area contributed by atoms with Crippen molar-refractivity contribution in [1.29, 1.82) is 0 Å². The van der Waals surface area contributed by atoms with E-state index in [1.165, 1.54) is 0 Å². The molecule has 0 spiro atoms. The molecular weight excluding hydrogens is 406 g/mol. The number of methoxy groups -OCH3 is 1. The van der Waals surface area contributed by atoms with E-state index in [2.05, 4.69) is 10.5 Å². The number of anilines is 2. The Hall–Kier alpha value is -4.13. The zero-order chi connectivity index (χ0) is 22.1. The number of nitrogens with one attached hydrogen (secondary N) is 1. The van der Waals surface area contributed by atoms with Gasteiger partial charge in [-0.1, -0.05) is 35.5 Å². The first-order valence-electron chi connectivity index (χ1n) is 10.4. The van der Waals surface area contributed by atoms with E-state index in [-0.39, 0.29) is 11.8 Å². The van der Waals surface area contributed by atoms with Crippen molar-refractivity contribution in [1.82, 2.24) is 5.16 Å². The summed E-state index contributed by atoms with van der Waals surface area (Å²) in [6.07, 6.45) is 1.37. The molecule has 0 atom stereocenters. The van der Waals surface area contributed by atoms with E-state index < -0.39 is 0 Å². The molecule has 0 radical (unpaired) electrons. The molecule has 160 valence electrons. The standard InChI is InChI=1S/C25H21N3O4/c1-31-22-15-18(10-12-21(22)28-13-5-8-23(28)29)26-25(30)17-9-11-20-19(14-17)24(32-27-20)16-6-3-2-4-7-16/h2-4,6-7,9-12,14-15H,5,8,13H2,1H3,(H,26,30). The van der Waals surface area contributed by atoms with Crippen molar-refractivity contribution in [3.05, 3.63) is 72.3 Å². The highest BCUT2D eigenvalue weighted by molar-refractivity contribution is 6.07. The van der Waals surface area contributed by atoms with E-state index in [0.717, 1.165) is 17.4 Å². The fraction of sp³-hybridized carbons (Fsp3) is 0.160. The Morgan fingerprint density at radius 1 is 1.09 bits per heavy atom. The van der Waals surface area contributed by atoms with Crippen LogP contribution in [0.25, 0.3) is 22.2 Å². The van der Waals surface area contributed by atoms with Gasteiger partial charge in [0.25, 0.3) is 5.91 Å². The van der Waals surface area contributed by atoms with Gasteiger partial charge in [0.15, 0.2) is 5.76 Å². The van der Waals surface area contributed by atoms with Crippen LogP contribution >= 0.6 is 0 Å². The minimum atomic E-state index is -0.265. The van der Waals surface area contributed by atoms with Gasteiger partial charge < -0.3 is 19.5 Å². The third kappa shape index (κ3) is 3.58. The second-order valence-corrected chi connectivity index (χ2v) is 7.60. The summed E-state index contributed by atoms with van der Waals surface area (Å²) in [5.41, 5.74) is 3.35. The van der Waals surface area contributed by atoms with Gasteiger partial charge in [-0.2, -0.15) is 0 Å². The van der Waals surface area contributed by atoms with Gasteiger partial charge in [-0.15, -0.1) is 0 Å². The van der Waals surface area contributed by atoms with E-state index in [1.807, 2.05) is 30.3 Å². The fourth-order valence-corrected chi connectivity index (χ4v) is 3.96. The molecular formula is C25H21N3O4. The van der Waals surface area contributed by atoms with Gasteiger partial charge in [0.1, 0.15) is 11.3 Å². The summed E-state index contributed by atoms with van der Waals surface area (Å²) in [6.45, 7) is 0.670. The molecule has 7 heteroatoms. The van der Waals surface area contributed by atoms with Crippen LogP contribution < -0.4 is 15.0 Å². The molecule has 1 N–H and O–H groups in total. The van der Waals surface area contributed by atoms with Gasteiger partial charge in [-0.25, -0.2) is 0 Å². The first kappa shape index (κ1) is 19.8. The number of benzene rings is 3. The molecule has 0 aliphatic carbocycles. The SMILES string of the molecule is COc1cc(NC(=O)c2ccc3noc(-c4ccccc4)c3c2)ccc1N1CCCC1=O. The number of aromatic nitrogens is 1. The number of ether oxygens (including phenoxy) is 1. The maximum absolute atomic E-state index is 13.0. The fourth-order valence-electron chi connectivity index (χ4n) is 3.96.